The minimum Gasteiger partial charge on any atom is -0.395 e. The molecule has 3 aromatic rings. The van der Waals surface area contributed by atoms with Crippen molar-refractivity contribution in [3.05, 3.63) is 39.1 Å². The van der Waals surface area contributed by atoms with Crippen LogP contribution in [0.25, 0.3) is 20.7 Å². The summed E-state index contributed by atoms with van der Waals surface area (Å²) in [6, 6.07) is 4.08. The van der Waals surface area contributed by atoms with E-state index in [4.69, 9.17) is 5.11 Å². The minimum absolute atomic E-state index is 0.0648. The standard InChI is InChI=1S/C13H12N2O2S2/c1-8-2-3-10(19-8)9-6-18-12-11(9)13(17)15(4-5-16)7-14-12/h2-3,6-7,16H,4-5H2,1H3. The first kappa shape index (κ1) is 12.5. The van der Waals surface area contributed by atoms with Crippen LogP contribution in [0.4, 0.5) is 0 Å². The fraction of sp³-hybridized carbons (Fsp3) is 0.231. The van der Waals surface area contributed by atoms with Gasteiger partial charge in [0.25, 0.3) is 5.56 Å². The number of fused-ring (bicyclic) bond motifs is 1. The van der Waals surface area contributed by atoms with E-state index in [0.29, 0.717) is 5.39 Å². The lowest BCUT2D eigenvalue weighted by Crippen LogP contribution is -2.21. The van der Waals surface area contributed by atoms with Gasteiger partial charge in [-0.1, -0.05) is 0 Å². The van der Waals surface area contributed by atoms with E-state index in [1.54, 1.807) is 11.3 Å². The molecule has 3 aromatic heterocycles. The smallest absolute Gasteiger partial charge is 0.262 e. The maximum absolute atomic E-state index is 12.4. The lowest BCUT2D eigenvalue weighted by molar-refractivity contribution is 0.274. The molecule has 98 valence electrons. The Morgan fingerprint density at radius 3 is 2.95 bits per heavy atom. The van der Waals surface area contributed by atoms with Gasteiger partial charge in [0.1, 0.15) is 4.83 Å². The molecule has 0 fully saturated rings. The average molecular weight is 292 g/mol. The third-order valence-electron chi connectivity index (χ3n) is 2.91. The van der Waals surface area contributed by atoms with Crippen LogP contribution < -0.4 is 5.56 Å². The Hall–Kier alpha value is -1.50. The molecular formula is C13H12N2O2S2. The van der Waals surface area contributed by atoms with Gasteiger partial charge in [0.2, 0.25) is 0 Å². The number of aromatic nitrogens is 2. The largest absolute Gasteiger partial charge is 0.395 e. The summed E-state index contributed by atoms with van der Waals surface area (Å²) in [6.07, 6.45) is 1.50. The molecule has 0 aromatic carbocycles. The maximum Gasteiger partial charge on any atom is 0.262 e. The summed E-state index contributed by atoms with van der Waals surface area (Å²) in [6.45, 7) is 2.26. The lowest BCUT2D eigenvalue weighted by atomic mass is 10.2. The second kappa shape index (κ2) is 4.88. The number of aryl methyl sites for hydroxylation is 1. The Morgan fingerprint density at radius 2 is 2.26 bits per heavy atom. The Morgan fingerprint density at radius 1 is 1.42 bits per heavy atom. The Bertz CT molecular complexity index is 785. The fourth-order valence-electron chi connectivity index (χ4n) is 2.00. The molecule has 1 N–H and O–H groups in total. The second-order valence-electron chi connectivity index (χ2n) is 4.21. The van der Waals surface area contributed by atoms with E-state index in [0.717, 1.165) is 15.3 Å². The lowest BCUT2D eigenvalue weighted by Gasteiger charge is -2.02. The number of aliphatic hydroxyl groups is 1. The molecule has 0 saturated heterocycles. The summed E-state index contributed by atoms with van der Waals surface area (Å²) in [4.78, 5) is 19.7. The molecule has 0 saturated carbocycles. The van der Waals surface area contributed by atoms with Crippen molar-refractivity contribution in [1.29, 1.82) is 0 Å². The zero-order valence-corrected chi connectivity index (χ0v) is 11.9. The van der Waals surface area contributed by atoms with Crippen LogP contribution in [-0.2, 0) is 6.54 Å². The molecule has 0 amide bonds. The normalized spacial score (nSPS) is 11.3. The molecule has 0 radical (unpaired) electrons. The van der Waals surface area contributed by atoms with E-state index >= 15 is 0 Å². The first-order valence-corrected chi connectivity index (χ1v) is 7.54. The Labute approximate surface area is 117 Å². The quantitative estimate of drug-likeness (QED) is 0.807. The third kappa shape index (κ3) is 2.11. The average Bonchev–Trinajstić information content (AvgIpc) is 2.99. The summed E-state index contributed by atoms with van der Waals surface area (Å²) in [5, 5.41) is 11.6. The predicted molar refractivity (Wildman–Crippen MR) is 79.0 cm³/mol. The van der Waals surface area contributed by atoms with Crippen LogP contribution in [0.15, 0.2) is 28.6 Å². The summed E-state index contributed by atoms with van der Waals surface area (Å²) < 4.78 is 1.46. The topological polar surface area (TPSA) is 55.1 Å². The summed E-state index contributed by atoms with van der Waals surface area (Å²) >= 11 is 3.15. The van der Waals surface area contributed by atoms with Crippen molar-refractivity contribution in [1.82, 2.24) is 9.55 Å². The Kier molecular flexibility index (Phi) is 3.22. The van der Waals surface area contributed by atoms with Crippen LogP contribution in [0.3, 0.4) is 0 Å². The van der Waals surface area contributed by atoms with Crippen LogP contribution in [0.2, 0.25) is 0 Å². The third-order valence-corrected chi connectivity index (χ3v) is 4.83. The SMILES string of the molecule is Cc1ccc(-c2csc3ncn(CCO)c(=O)c23)s1. The molecule has 0 spiro atoms. The molecule has 6 heteroatoms. The molecule has 0 unspecified atom stereocenters. The first-order chi connectivity index (χ1) is 9.20. The van der Waals surface area contributed by atoms with Crippen molar-refractivity contribution in [2.24, 2.45) is 0 Å². The van der Waals surface area contributed by atoms with E-state index in [9.17, 15) is 4.79 Å². The zero-order valence-electron chi connectivity index (χ0n) is 10.3. The highest BCUT2D eigenvalue weighted by atomic mass is 32.1. The van der Waals surface area contributed by atoms with E-state index in [-0.39, 0.29) is 18.7 Å². The molecule has 3 rings (SSSR count). The fourth-order valence-corrected chi connectivity index (χ4v) is 3.86. The second-order valence-corrected chi connectivity index (χ2v) is 6.35. The van der Waals surface area contributed by atoms with E-state index in [1.807, 2.05) is 24.4 Å². The van der Waals surface area contributed by atoms with Crippen molar-refractivity contribution < 1.29 is 5.11 Å². The highest BCUT2D eigenvalue weighted by Crippen LogP contribution is 2.34. The summed E-state index contributed by atoms with van der Waals surface area (Å²) in [5.74, 6) is 0. The van der Waals surface area contributed by atoms with Crippen molar-refractivity contribution in [2.75, 3.05) is 6.61 Å². The van der Waals surface area contributed by atoms with E-state index in [1.165, 1.54) is 27.1 Å². The highest BCUT2D eigenvalue weighted by Gasteiger charge is 2.14. The molecule has 4 nitrogen and oxygen atoms in total. The van der Waals surface area contributed by atoms with E-state index < -0.39 is 0 Å². The van der Waals surface area contributed by atoms with Crippen LogP contribution >= 0.6 is 22.7 Å². The first-order valence-electron chi connectivity index (χ1n) is 5.85. The molecule has 3 heterocycles. The molecule has 0 aliphatic heterocycles. The summed E-state index contributed by atoms with van der Waals surface area (Å²) in [7, 11) is 0. The molecular weight excluding hydrogens is 280 g/mol. The van der Waals surface area contributed by atoms with Crippen LogP contribution in [-0.4, -0.2) is 21.3 Å². The monoisotopic (exact) mass is 292 g/mol. The van der Waals surface area contributed by atoms with Gasteiger partial charge in [0.05, 0.1) is 24.9 Å². The van der Waals surface area contributed by atoms with Gasteiger partial charge in [-0.25, -0.2) is 4.98 Å². The van der Waals surface area contributed by atoms with Crippen molar-refractivity contribution in [2.45, 2.75) is 13.5 Å². The molecule has 0 aliphatic carbocycles. The van der Waals surface area contributed by atoms with Gasteiger partial charge < -0.3 is 5.11 Å². The Balaban J connectivity index is 2.26. The molecule has 0 atom stereocenters. The predicted octanol–water partition coefficient (Wildman–Crippen LogP) is 2.49. The van der Waals surface area contributed by atoms with Gasteiger partial charge in [-0.2, -0.15) is 0 Å². The van der Waals surface area contributed by atoms with Gasteiger partial charge in [0.15, 0.2) is 0 Å². The van der Waals surface area contributed by atoms with Crippen LogP contribution in [0.1, 0.15) is 4.88 Å². The number of hydrogen-bond donors (Lipinski definition) is 1. The zero-order chi connectivity index (χ0) is 13.4. The number of thiophene rings is 2. The minimum atomic E-state index is -0.0821. The van der Waals surface area contributed by atoms with Crippen LogP contribution in [0, 0.1) is 6.92 Å². The number of nitrogens with zero attached hydrogens (tertiary/aromatic N) is 2. The molecule has 0 bridgehead atoms. The van der Waals surface area contributed by atoms with Crippen molar-refractivity contribution in [3.8, 4) is 10.4 Å². The van der Waals surface area contributed by atoms with E-state index in [2.05, 4.69) is 4.98 Å². The van der Waals surface area contributed by atoms with Gasteiger partial charge >= 0.3 is 0 Å². The number of aliphatic hydroxyl groups excluding tert-OH is 1. The number of hydrogen-bond acceptors (Lipinski definition) is 5. The van der Waals surface area contributed by atoms with Gasteiger partial charge in [-0.15, -0.1) is 22.7 Å². The molecule has 19 heavy (non-hydrogen) atoms. The summed E-state index contributed by atoms with van der Waals surface area (Å²) in [5.41, 5.74) is 0.865. The van der Waals surface area contributed by atoms with Crippen molar-refractivity contribution in [3.63, 3.8) is 0 Å². The highest BCUT2D eigenvalue weighted by molar-refractivity contribution is 7.19. The van der Waals surface area contributed by atoms with Gasteiger partial charge in [0, 0.05) is 20.7 Å². The number of rotatable bonds is 3. The van der Waals surface area contributed by atoms with Gasteiger partial charge in [-0.05, 0) is 19.1 Å². The van der Waals surface area contributed by atoms with Crippen LogP contribution in [0.5, 0.6) is 0 Å². The van der Waals surface area contributed by atoms with Gasteiger partial charge in [-0.3, -0.25) is 9.36 Å². The maximum atomic E-state index is 12.4. The van der Waals surface area contributed by atoms with Crippen molar-refractivity contribution >= 4 is 32.9 Å². The molecule has 0 aliphatic rings.